The van der Waals surface area contributed by atoms with E-state index in [0.717, 1.165) is 39.2 Å². The molecule has 0 aliphatic heterocycles. The van der Waals surface area contributed by atoms with E-state index >= 15 is 0 Å². The molecule has 136 valence electrons. The number of nitrogens with one attached hydrogen (secondary N) is 2. The van der Waals surface area contributed by atoms with Crippen molar-refractivity contribution in [1.29, 1.82) is 0 Å². The first-order valence-electron chi connectivity index (χ1n) is 8.97. The zero-order valence-corrected chi connectivity index (χ0v) is 15.5. The van der Waals surface area contributed by atoms with E-state index in [1.165, 1.54) is 5.56 Å². The van der Waals surface area contributed by atoms with Gasteiger partial charge in [0.15, 0.2) is 11.6 Å². The number of benzene rings is 2. The zero-order chi connectivity index (χ0) is 18.8. The Morgan fingerprint density at radius 2 is 1.81 bits per heavy atom. The Bertz CT molecular complexity index is 1080. The van der Waals surface area contributed by atoms with Gasteiger partial charge in [0, 0.05) is 29.7 Å². The number of aromatic amines is 1. The standard InChI is InChI=1S/C21H22N6/c1-13-18(17-10-6-9-16(11-22)19(17)24-13)21-25-20(14(2)26-27-21)23-12-15-7-4-3-5-8-15/h3-10,24H,11-12,22H2,1-2H3,(H,23,25,27). The molecule has 0 saturated carbocycles. The van der Waals surface area contributed by atoms with Crippen LogP contribution in [0.3, 0.4) is 0 Å². The lowest BCUT2D eigenvalue weighted by molar-refractivity contribution is 0.925. The highest BCUT2D eigenvalue weighted by Crippen LogP contribution is 2.32. The number of para-hydroxylation sites is 1. The quantitative estimate of drug-likeness (QED) is 0.506. The summed E-state index contributed by atoms with van der Waals surface area (Å²) in [5.41, 5.74) is 11.9. The van der Waals surface area contributed by atoms with Crippen molar-refractivity contribution in [3.63, 3.8) is 0 Å². The van der Waals surface area contributed by atoms with Gasteiger partial charge in [-0.3, -0.25) is 0 Å². The van der Waals surface area contributed by atoms with Gasteiger partial charge in [-0.05, 0) is 25.0 Å². The number of aromatic nitrogens is 4. The van der Waals surface area contributed by atoms with Gasteiger partial charge in [-0.2, -0.15) is 0 Å². The molecule has 6 nitrogen and oxygen atoms in total. The lowest BCUT2D eigenvalue weighted by Gasteiger charge is -2.09. The lowest BCUT2D eigenvalue weighted by Crippen LogP contribution is -2.07. The van der Waals surface area contributed by atoms with E-state index in [1.807, 2.05) is 44.2 Å². The van der Waals surface area contributed by atoms with Crippen LogP contribution in [0.4, 0.5) is 5.82 Å². The maximum atomic E-state index is 5.88. The van der Waals surface area contributed by atoms with Crippen LogP contribution in [0.25, 0.3) is 22.3 Å². The smallest absolute Gasteiger partial charge is 0.186 e. The minimum atomic E-state index is 0.480. The Morgan fingerprint density at radius 3 is 2.59 bits per heavy atom. The average molecular weight is 358 g/mol. The molecule has 0 radical (unpaired) electrons. The van der Waals surface area contributed by atoms with Gasteiger partial charge in [-0.25, -0.2) is 4.98 Å². The van der Waals surface area contributed by atoms with E-state index in [4.69, 9.17) is 10.7 Å². The predicted octanol–water partition coefficient (Wildman–Crippen LogP) is 3.71. The van der Waals surface area contributed by atoms with Gasteiger partial charge >= 0.3 is 0 Å². The summed E-state index contributed by atoms with van der Waals surface area (Å²) in [6, 6.07) is 16.3. The molecule has 4 N–H and O–H groups in total. The van der Waals surface area contributed by atoms with Crippen LogP contribution in [0.15, 0.2) is 48.5 Å². The van der Waals surface area contributed by atoms with E-state index in [-0.39, 0.29) is 0 Å². The summed E-state index contributed by atoms with van der Waals surface area (Å²) < 4.78 is 0. The van der Waals surface area contributed by atoms with Crippen molar-refractivity contribution in [2.75, 3.05) is 5.32 Å². The summed E-state index contributed by atoms with van der Waals surface area (Å²) in [6.07, 6.45) is 0. The molecule has 0 fully saturated rings. The topological polar surface area (TPSA) is 92.5 Å². The number of anilines is 1. The van der Waals surface area contributed by atoms with Gasteiger partial charge in [-0.15, -0.1) is 10.2 Å². The maximum absolute atomic E-state index is 5.88. The third-order valence-corrected chi connectivity index (χ3v) is 4.71. The Labute approximate surface area is 157 Å². The molecule has 27 heavy (non-hydrogen) atoms. The zero-order valence-electron chi connectivity index (χ0n) is 15.5. The molecule has 2 aromatic heterocycles. The van der Waals surface area contributed by atoms with Crippen molar-refractivity contribution < 1.29 is 0 Å². The van der Waals surface area contributed by atoms with Gasteiger partial charge in [0.25, 0.3) is 0 Å². The van der Waals surface area contributed by atoms with Crippen molar-refractivity contribution in [3.05, 3.63) is 71.0 Å². The summed E-state index contributed by atoms with van der Waals surface area (Å²) >= 11 is 0. The van der Waals surface area contributed by atoms with Crippen LogP contribution in [-0.4, -0.2) is 20.2 Å². The normalized spacial score (nSPS) is 11.1. The van der Waals surface area contributed by atoms with Crippen LogP contribution in [0.2, 0.25) is 0 Å². The Morgan fingerprint density at radius 1 is 1.00 bits per heavy atom. The third kappa shape index (κ3) is 3.27. The molecule has 2 heterocycles. The molecule has 0 aliphatic carbocycles. The van der Waals surface area contributed by atoms with E-state index in [9.17, 15) is 0 Å². The van der Waals surface area contributed by atoms with Crippen LogP contribution >= 0.6 is 0 Å². The van der Waals surface area contributed by atoms with Crippen LogP contribution in [-0.2, 0) is 13.1 Å². The minimum Gasteiger partial charge on any atom is -0.364 e. The third-order valence-electron chi connectivity index (χ3n) is 4.71. The highest BCUT2D eigenvalue weighted by atomic mass is 15.2. The fourth-order valence-electron chi connectivity index (χ4n) is 3.30. The van der Waals surface area contributed by atoms with Crippen molar-refractivity contribution in [1.82, 2.24) is 20.2 Å². The first kappa shape index (κ1) is 17.2. The lowest BCUT2D eigenvalue weighted by atomic mass is 10.1. The van der Waals surface area contributed by atoms with Crippen LogP contribution in [0, 0.1) is 13.8 Å². The van der Waals surface area contributed by atoms with E-state index < -0.39 is 0 Å². The van der Waals surface area contributed by atoms with Crippen LogP contribution in [0.5, 0.6) is 0 Å². The predicted molar refractivity (Wildman–Crippen MR) is 108 cm³/mol. The monoisotopic (exact) mass is 358 g/mol. The largest absolute Gasteiger partial charge is 0.364 e. The van der Waals surface area contributed by atoms with Crippen LogP contribution < -0.4 is 11.1 Å². The van der Waals surface area contributed by atoms with E-state index in [2.05, 4.69) is 38.7 Å². The number of fused-ring (bicyclic) bond motifs is 1. The fraction of sp³-hybridized carbons (Fsp3) is 0.190. The summed E-state index contributed by atoms with van der Waals surface area (Å²) in [4.78, 5) is 8.19. The number of nitrogens with two attached hydrogens (primary N) is 1. The number of hydrogen-bond acceptors (Lipinski definition) is 5. The number of aryl methyl sites for hydroxylation is 2. The molecule has 4 rings (SSSR count). The Hall–Kier alpha value is -3.25. The van der Waals surface area contributed by atoms with Crippen molar-refractivity contribution in [3.8, 4) is 11.4 Å². The Balaban J connectivity index is 1.73. The van der Waals surface area contributed by atoms with E-state index in [1.54, 1.807) is 0 Å². The van der Waals surface area contributed by atoms with Gasteiger partial charge in [0.05, 0.1) is 5.52 Å². The summed E-state index contributed by atoms with van der Waals surface area (Å²) in [6.45, 7) is 5.10. The van der Waals surface area contributed by atoms with Crippen molar-refractivity contribution in [2.45, 2.75) is 26.9 Å². The molecular weight excluding hydrogens is 336 g/mol. The molecule has 0 amide bonds. The average Bonchev–Trinajstić information content (AvgIpc) is 3.04. The number of rotatable bonds is 5. The minimum absolute atomic E-state index is 0.480. The van der Waals surface area contributed by atoms with Gasteiger partial charge in [0.1, 0.15) is 5.69 Å². The maximum Gasteiger partial charge on any atom is 0.186 e. The summed E-state index contributed by atoms with van der Waals surface area (Å²) in [7, 11) is 0. The molecule has 6 heteroatoms. The molecule has 2 aromatic carbocycles. The number of nitrogens with zero attached hydrogens (tertiary/aromatic N) is 3. The summed E-state index contributed by atoms with van der Waals surface area (Å²) in [5.74, 6) is 1.35. The molecule has 0 aliphatic rings. The second-order valence-corrected chi connectivity index (χ2v) is 6.58. The highest BCUT2D eigenvalue weighted by Gasteiger charge is 2.16. The van der Waals surface area contributed by atoms with Crippen LogP contribution in [0.1, 0.15) is 22.5 Å². The molecule has 0 atom stereocenters. The molecule has 0 spiro atoms. The molecule has 0 unspecified atom stereocenters. The van der Waals surface area contributed by atoms with Gasteiger partial charge in [-0.1, -0.05) is 48.5 Å². The number of hydrogen-bond donors (Lipinski definition) is 3. The molecular formula is C21H22N6. The fourth-order valence-corrected chi connectivity index (χ4v) is 3.30. The molecule has 0 bridgehead atoms. The first-order chi connectivity index (χ1) is 13.2. The molecule has 0 saturated heterocycles. The highest BCUT2D eigenvalue weighted by molar-refractivity contribution is 5.97. The van der Waals surface area contributed by atoms with Gasteiger partial charge < -0.3 is 16.0 Å². The Kier molecular flexibility index (Phi) is 4.56. The SMILES string of the molecule is Cc1nnc(-c2c(C)[nH]c3c(CN)cccc23)nc1NCc1ccccc1. The van der Waals surface area contributed by atoms with E-state index in [0.29, 0.717) is 18.9 Å². The summed E-state index contributed by atoms with van der Waals surface area (Å²) in [5, 5.41) is 13.1. The van der Waals surface area contributed by atoms with Crippen molar-refractivity contribution in [2.24, 2.45) is 5.73 Å². The second kappa shape index (κ2) is 7.17. The van der Waals surface area contributed by atoms with Crippen molar-refractivity contribution >= 4 is 16.7 Å². The molecule has 4 aromatic rings. The first-order valence-corrected chi connectivity index (χ1v) is 8.97. The second-order valence-electron chi connectivity index (χ2n) is 6.58. The van der Waals surface area contributed by atoms with Gasteiger partial charge in [0.2, 0.25) is 0 Å². The number of H-pyrrole nitrogens is 1.